The van der Waals surface area contributed by atoms with Gasteiger partial charge in [-0.3, -0.25) is 4.98 Å². The van der Waals surface area contributed by atoms with Crippen molar-refractivity contribution in [1.82, 2.24) is 4.98 Å². The van der Waals surface area contributed by atoms with Crippen LogP contribution in [0.5, 0.6) is 0 Å². The first-order valence-corrected chi connectivity index (χ1v) is 7.79. The maximum atomic E-state index is 4.33. The monoisotopic (exact) mass is 280 g/mol. The molecule has 1 heterocycles. The Morgan fingerprint density at radius 3 is 2.70 bits per heavy atom. The van der Waals surface area contributed by atoms with Gasteiger partial charge in [0.25, 0.3) is 0 Å². The standard InChI is InChI=1S/C17H16N2S/c1-20-16-7-4-13(5-8-16)12-19-15-6-9-17-14(11-15)3-2-10-18-17/h2-11,19H,12H2,1H3. The molecule has 0 aliphatic rings. The maximum absolute atomic E-state index is 4.33. The minimum Gasteiger partial charge on any atom is -0.381 e. The Hall–Kier alpha value is -2.00. The average molecular weight is 280 g/mol. The van der Waals surface area contributed by atoms with Crippen molar-refractivity contribution in [3.63, 3.8) is 0 Å². The van der Waals surface area contributed by atoms with E-state index in [0.717, 1.165) is 23.1 Å². The molecule has 1 aromatic heterocycles. The lowest BCUT2D eigenvalue weighted by Gasteiger charge is -2.08. The summed E-state index contributed by atoms with van der Waals surface area (Å²) in [5.74, 6) is 0. The first-order valence-electron chi connectivity index (χ1n) is 6.57. The number of hydrogen-bond donors (Lipinski definition) is 1. The Labute approximate surface area is 123 Å². The Kier molecular flexibility index (Phi) is 3.88. The van der Waals surface area contributed by atoms with Crippen LogP contribution in [0.15, 0.2) is 65.7 Å². The summed E-state index contributed by atoms with van der Waals surface area (Å²) in [7, 11) is 0. The van der Waals surface area contributed by atoms with Crippen LogP contribution in [0.3, 0.4) is 0 Å². The molecule has 3 aromatic rings. The zero-order valence-corrected chi connectivity index (χ0v) is 12.2. The highest BCUT2D eigenvalue weighted by Gasteiger charge is 1.98. The average Bonchev–Trinajstić information content (AvgIpc) is 2.53. The van der Waals surface area contributed by atoms with Gasteiger partial charge in [0.15, 0.2) is 0 Å². The SMILES string of the molecule is CSc1ccc(CNc2ccc3ncccc3c2)cc1. The van der Waals surface area contributed by atoms with E-state index in [1.165, 1.54) is 10.5 Å². The Bertz CT molecular complexity index is 708. The fraction of sp³-hybridized carbons (Fsp3) is 0.118. The number of rotatable bonds is 4. The number of pyridine rings is 1. The van der Waals surface area contributed by atoms with E-state index in [2.05, 4.69) is 65.1 Å². The first kappa shape index (κ1) is 13.0. The second-order valence-electron chi connectivity index (χ2n) is 4.61. The van der Waals surface area contributed by atoms with Gasteiger partial charge in [-0.15, -0.1) is 11.8 Å². The van der Waals surface area contributed by atoms with Crippen molar-refractivity contribution in [2.75, 3.05) is 11.6 Å². The van der Waals surface area contributed by atoms with Crippen LogP contribution in [-0.2, 0) is 6.54 Å². The molecule has 3 rings (SSSR count). The van der Waals surface area contributed by atoms with Gasteiger partial charge in [-0.2, -0.15) is 0 Å². The highest BCUT2D eigenvalue weighted by atomic mass is 32.2. The number of nitrogens with zero attached hydrogens (tertiary/aromatic N) is 1. The van der Waals surface area contributed by atoms with Gasteiger partial charge in [-0.1, -0.05) is 18.2 Å². The van der Waals surface area contributed by atoms with Crippen LogP contribution >= 0.6 is 11.8 Å². The molecule has 0 fully saturated rings. The topological polar surface area (TPSA) is 24.9 Å². The zero-order valence-electron chi connectivity index (χ0n) is 11.3. The third-order valence-electron chi connectivity index (χ3n) is 3.26. The van der Waals surface area contributed by atoms with Crippen molar-refractivity contribution < 1.29 is 0 Å². The highest BCUT2D eigenvalue weighted by Crippen LogP contribution is 2.19. The number of aromatic nitrogens is 1. The van der Waals surface area contributed by atoms with Gasteiger partial charge in [0.2, 0.25) is 0 Å². The van der Waals surface area contributed by atoms with Gasteiger partial charge >= 0.3 is 0 Å². The third kappa shape index (κ3) is 2.94. The van der Waals surface area contributed by atoms with Crippen LogP contribution < -0.4 is 5.32 Å². The van der Waals surface area contributed by atoms with Gasteiger partial charge in [0.1, 0.15) is 0 Å². The molecular formula is C17H16N2S. The summed E-state index contributed by atoms with van der Waals surface area (Å²) in [6, 6.07) is 19.0. The van der Waals surface area contributed by atoms with E-state index in [-0.39, 0.29) is 0 Å². The van der Waals surface area contributed by atoms with Crippen molar-refractivity contribution >= 4 is 28.4 Å². The van der Waals surface area contributed by atoms with Gasteiger partial charge in [-0.05, 0) is 48.2 Å². The molecule has 1 N–H and O–H groups in total. The lowest BCUT2D eigenvalue weighted by Crippen LogP contribution is -1.99. The molecule has 2 aromatic carbocycles. The van der Waals surface area contributed by atoms with Crippen molar-refractivity contribution in [1.29, 1.82) is 0 Å². The lowest BCUT2D eigenvalue weighted by molar-refractivity contribution is 1.14. The van der Waals surface area contributed by atoms with Crippen LogP contribution in [0, 0.1) is 0 Å². The van der Waals surface area contributed by atoms with Gasteiger partial charge < -0.3 is 5.32 Å². The molecule has 0 amide bonds. The zero-order chi connectivity index (χ0) is 13.8. The molecule has 2 nitrogen and oxygen atoms in total. The number of benzene rings is 2. The summed E-state index contributed by atoms with van der Waals surface area (Å²) < 4.78 is 0. The largest absolute Gasteiger partial charge is 0.381 e. The minimum absolute atomic E-state index is 0.834. The van der Waals surface area contributed by atoms with E-state index < -0.39 is 0 Å². The normalized spacial score (nSPS) is 10.7. The molecule has 100 valence electrons. The van der Waals surface area contributed by atoms with E-state index in [0.29, 0.717) is 0 Å². The Balaban J connectivity index is 1.72. The van der Waals surface area contributed by atoms with Crippen LogP contribution in [0.1, 0.15) is 5.56 Å². The predicted molar refractivity (Wildman–Crippen MR) is 87.3 cm³/mol. The molecular weight excluding hydrogens is 264 g/mol. The van der Waals surface area contributed by atoms with E-state index in [1.54, 1.807) is 11.8 Å². The summed E-state index contributed by atoms with van der Waals surface area (Å²) in [5, 5.41) is 4.62. The molecule has 0 bridgehead atoms. The first-order chi connectivity index (χ1) is 9.85. The summed E-state index contributed by atoms with van der Waals surface area (Å²) >= 11 is 1.77. The number of hydrogen-bond acceptors (Lipinski definition) is 3. The lowest BCUT2D eigenvalue weighted by atomic mass is 10.2. The minimum atomic E-state index is 0.834. The number of anilines is 1. The van der Waals surface area contributed by atoms with Crippen molar-refractivity contribution in [3.8, 4) is 0 Å². The summed E-state index contributed by atoms with van der Waals surface area (Å²) in [6.07, 6.45) is 3.92. The van der Waals surface area contributed by atoms with Crippen LogP contribution in [-0.4, -0.2) is 11.2 Å². The fourth-order valence-corrected chi connectivity index (χ4v) is 2.54. The number of thioether (sulfide) groups is 1. The molecule has 0 saturated heterocycles. The second kappa shape index (κ2) is 5.97. The highest BCUT2D eigenvalue weighted by molar-refractivity contribution is 7.98. The van der Waals surface area contributed by atoms with Crippen LogP contribution in [0.25, 0.3) is 10.9 Å². The van der Waals surface area contributed by atoms with Crippen molar-refractivity contribution in [2.24, 2.45) is 0 Å². The quantitative estimate of drug-likeness (QED) is 0.709. The van der Waals surface area contributed by atoms with E-state index in [1.807, 2.05) is 12.3 Å². The van der Waals surface area contributed by atoms with Gasteiger partial charge in [-0.25, -0.2) is 0 Å². The Morgan fingerprint density at radius 1 is 1.05 bits per heavy atom. The van der Waals surface area contributed by atoms with Gasteiger partial charge in [0.05, 0.1) is 5.52 Å². The van der Waals surface area contributed by atoms with Crippen molar-refractivity contribution in [3.05, 3.63) is 66.4 Å². The molecule has 0 aliphatic carbocycles. The van der Waals surface area contributed by atoms with Crippen LogP contribution in [0.4, 0.5) is 5.69 Å². The van der Waals surface area contributed by atoms with E-state index in [4.69, 9.17) is 0 Å². The third-order valence-corrected chi connectivity index (χ3v) is 4.00. The molecule has 0 unspecified atom stereocenters. The summed E-state index contributed by atoms with van der Waals surface area (Å²) in [5.41, 5.74) is 3.44. The Morgan fingerprint density at radius 2 is 1.90 bits per heavy atom. The van der Waals surface area contributed by atoms with Gasteiger partial charge in [0, 0.05) is 28.7 Å². The molecule has 3 heteroatoms. The second-order valence-corrected chi connectivity index (χ2v) is 5.49. The summed E-state index contributed by atoms with van der Waals surface area (Å²) in [4.78, 5) is 5.63. The molecule has 0 radical (unpaired) electrons. The fourth-order valence-electron chi connectivity index (χ4n) is 2.13. The molecule has 0 aliphatic heterocycles. The van der Waals surface area contributed by atoms with Crippen molar-refractivity contribution in [2.45, 2.75) is 11.4 Å². The molecule has 20 heavy (non-hydrogen) atoms. The van der Waals surface area contributed by atoms with Crippen LogP contribution in [0.2, 0.25) is 0 Å². The van der Waals surface area contributed by atoms with E-state index in [9.17, 15) is 0 Å². The molecule has 0 spiro atoms. The number of nitrogens with one attached hydrogen (secondary N) is 1. The molecule has 0 atom stereocenters. The molecule has 0 saturated carbocycles. The summed E-state index contributed by atoms with van der Waals surface area (Å²) in [6.45, 7) is 0.834. The van der Waals surface area contributed by atoms with E-state index >= 15 is 0 Å². The number of fused-ring (bicyclic) bond motifs is 1. The smallest absolute Gasteiger partial charge is 0.0703 e. The predicted octanol–water partition coefficient (Wildman–Crippen LogP) is 4.57. The maximum Gasteiger partial charge on any atom is 0.0703 e.